The fraction of sp³-hybridized carbons (Fsp3) is 1.00. The lowest BCUT2D eigenvalue weighted by Gasteiger charge is -2.23. The minimum atomic E-state index is 0.600. The van der Waals surface area contributed by atoms with Crippen LogP contribution >= 0.6 is 0 Å². The van der Waals surface area contributed by atoms with Crippen LogP contribution in [0.4, 0.5) is 0 Å². The van der Waals surface area contributed by atoms with Crippen molar-refractivity contribution in [3.8, 4) is 0 Å². The van der Waals surface area contributed by atoms with Crippen LogP contribution < -0.4 is 10.6 Å². The second-order valence-electron chi connectivity index (χ2n) is 8.26. The van der Waals surface area contributed by atoms with Gasteiger partial charge in [-0.15, -0.1) is 0 Å². The number of nitrogens with one attached hydrogen (secondary N) is 2. The highest BCUT2D eigenvalue weighted by Gasteiger charge is 2.37. The van der Waals surface area contributed by atoms with E-state index in [1.165, 1.54) is 45.6 Å². The molecule has 2 aliphatic heterocycles. The Morgan fingerprint density at radius 2 is 1.74 bits per heavy atom. The number of likely N-dealkylation sites (N-methyl/N-ethyl adjacent to an activating group) is 1. The zero-order valence-corrected chi connectivity index (χ0v) is 16.1. The molecule has 0 aromatic rings. The van der Waals surface area contributed by atoms with E-state index in [1.54, 1.807) is 0 Å². The van der Waals surface area contributed by atoms with Crippen LogP contribution in [-0.2, 0) is 0 Å². The molecule has 23 heavy (non-hydrogen) atoms. The van der Waals surface area contributed by atoms with Crippen molar-refractivity contribution in [2.24, 2.45) is 11.8 Å². The standard InChI is InChI=1S/C19H40N4/c1-6-23-14-18(11-19(23)12-21-16(4)5)17-7-9-22(13-17)10-8-20-15(2)3/h15-21H,6-14H2,1-5H3. The molecule has 2 aliphatic rings. The Hall–Kier alpha value is -0.160. The van der Waals surface area contributed by atoms with Gasteiger partial charge in [0.1, 0.15) is 0 Å². The Kier molecular flexibility index (Phi) is 7.80. The molecule has 0 bridgehead atoms. The van der Waals surface area contributed by atoms with Crippen molar-refractivity contribution < 1.29 is 0 Å². The van der Waals surface area contributed by atoms with E-state index in [0.717, 1.165) is 31.0 Å². The van der Waals surface area contributed by atoms with Gasteiger partial charge >= 0.3 is 0 Å². The second kappa shape index (κ2) is 9.36. The Morgan fingerprint density at radius 3 is 2.39 bits per heavy atom. The first kappa shape index (κ1) is 19.2. The third-order valence-corrected chi connectivity index (χ3v) is 5.68. The average Bonchev–Trinajstić information content (AvgIpc) is 3.10. The molecule has 3 unspecified atom stereocenters. The Bertz CT molecular complexity index is 331. The van der Waals surface area contributed by atoms with Gasteiger partial charge in [0.2, 0.25) is 0 Å². The minimum absolute atomic E-state index is 0.600. The predicted molar refractivity (Wildman–Crippen MR) is 100.0 cm³/mol. The highest BCUT2D eigenvalue weighted by Crippen LogP contribution is 2.34. The SMILES string of the molecule is CCN1CC(C2CCN(CCNC(C)C)C2)CC1CNC(C)C. The van der Waals surface area contributed by atoms with E-state index in [2.05, 4.69) is 55.1 Å². The molecule has 0 aliphatic carbocycles. The molecule has 0 aromatic heterocycles. The van der Waals surface area contributed by atoms with Gasteiger partial charge in [-0.25, -0.2) is 0 Å². The summed E-state index contributed by atoms with van der Waals surface area (Å²) >= 11 is 0. The van der Waals surface area contributed by atoms with Gasteiger partial charge < -0.3 is 15.5 Å². The van der Waals surface area contributed by atoms with Crippen LogP contribution in [0.3, 0.4) is 0 Å². The summed E-state index contributed by atoms with van der Waals surface area (Å²) in [5.74, 6) is 1.84. The summed E-state index contributed by atoms with van der Waals surface area (Å²) in [5, 5.41) is 7.20. The third-order valence-electron chi connectivity index (χ3n) is 5.68. The van der Waals surface area contributed by atoms with Gasteiger partial charge in [0, 0.05) is 50.8 Å². The molecule has 0 amide bonds. The van der Waals surface area contributed by atoms with E-state index in [1.807, 2.05) is 0 Å². The van der Waals surface area contributed by atoms with E-state index in [-0.39, 0.29) is 0 Å². The Morgan fingerprint density at radius 1 is 1.00 bits per heavy atom. The maximum atomic E-state index is 3.65. The van der Waals surface area contributed by atoms with Crippen molar-refractivity contribution >= 4 is 0 Å². The molecule has 0 radical (unpaired) electrons. The molecule has 2 N–H and O–H groups in total. The van der Waals surface area contributed by atoms with Gasteiger partial charge in [0.15, 0.2) is 0 Å². The fourth-order valence-electron chi connectivity index (χ4n) is 4.30. The summed E-state index contributed by atoms with van der Waals surface area (Å²) < 4.78 is 0. The highest BCUT2D eigenvalue weighted by atomic mass is 15.2. The number of hydrogen-bond acceptors (Lipinski definition) is 4. The van der Waals surface area contributed by atoms with Gasteiger partial charge in [0.05, 0.1) is 0 Å². The third kappa shape index (κ3) is 6.00. The molecule has 4 nitrogen and oxygen atoms in total. The number of hydrogen-bond donors (Lipinski definition) is 2. The quantitative estimate of drug-likeness (QED) is 0.679. The Labute approximate surface area is 144 Å². The summed E-state index contributed by atoms with van der Waals surface area (Å²) in [6.45, 7) is 20.0. The fourth-order valence-corrected chi connectivity index (χ4v) is 4.30. The maximum Gasteiger partial charge on any atom is 0.0223 e. The monoisotopic (exact) mass is 324 g/mol. The lowest BCUT2D eigenvalue weighted by molar-refractivity contribution is 0.245. The van der Waals surface area contributed by atoms with E-state index in [9.17, 15) is 0 Å². The molecule has 3 atom stereocenters. The zero-order valence-electron chi connectivity index (χ0n) is 16.1. The molecule has 0 aromatic carbocycles. The molecule has 0 spiro atoms. The van der Waals surface area contributed by atoms with Gasteiger partial charge in [-0.2, -0.15) is 0 Å². The molecule has 2 rings (SSSR count). The van der Waals surface area contributed by atoms with Crippen molar-refractivity contribution in [2.45, 2.75) is 65.6 Å². The van der Waals surface area contributed by atoms with Crippen LogP contribution in [0.5, 0.6) is 0 Å². The van der Waals surface area contributed by atoms with Crippen LogP contribution in [0.1, 0.15) is 47.5 Å². The largest absolute Gasteiger partial charge is 0.313 e. The van der Waals surface area contributed by atoms with Crippen molar-refractivity contribution in [3.05, 3.63) is 0 Å². The van der Waals surface area contributed by atoms with Crippen LogP contribution in [0.2, 0.25) is 0 Å². The summed E-state index contributed by atoms with van der Waals surface area (Å²) in [6.07, 6.45) is 2.81. The first-order chi connectivity index (χ1) is 11.0. The molecule has 0 saturated carbocycles. The normalized spacial score (nSPS) is 30.1. The van der Waals surface area contributed by atoms with Gasteiger partial charge in [-0.1, -0.05) is 34.6 Å². The molecule has 2 fully saturated rings. The van der Waals surface area contributed by atoms with E-state index in [4.69, 9.17) is 0 Å². The first-order valence-corrected chi connectivity index (χ1v) is 9.92. The molecule has 4 heteroatoms. The first-order valence-electron chi connectivity index (χ1n) is 9.92. The Balaban J connectivity index is 1.74. The van der Waals surface area contributed by atoms with E-state index < -0.39 is 0 Å². The molecule has 2 heterocycles. The van der Waals surface area contributed by atoms with Gasteiger partial charge in [-0.3, -0.25) is 4.90 Å². The molecular weight excluding hydrogens is 284 g/mol. The maximum absolute atomic E-state index is 3.65. The average molecular weight is 325 g/mol. The minimum Gasteiger partial charge on any atom is -0.313 e. The summed E-state index contributed by atoms with van der Waals surface area (Å²) in [4.78, 5) is 5.39. The summed E-state index contributed by atoms with van der Waals surface area (Å²) in [6, 6.07) is 1.96. The van der Waals surface area contributed by atoms with Gasteiger partial charge in [-0.05, 0) is 37.8 Å². The van der Waals surface area contributed by atoms with Crippen LogP contribution in [0, 0.1) is 11.8 Å². The second-order valence-corrected chi connectivity index (χ2v) is 8.26. The van der Waals surface area contributed by atoms with Crippen molar-refractivity contribution in [1.29, 1.82) is 0 Å². The topological polar surface area (TPSA) is 30.5 Å². The molecule has 136 valence electrons. The van der Waals surface area contributed by atoms with Crippen molar-refractivity contribution in [1.82, 2.24) is 20.4 Å². The van der Waals surface area contributed by atoms with E-state index >= 15 is 0 Å². The lowest BCUT2D eigenvalue weighted by atomic mass is 9.89. The van der Waals surface area contributed by atoms with Crippen molar-refractivity contribution in [3.63, 3.8) is 0 Å². The smallest absolute Gasteiger partial charge is 0.0223 e. The van der Waals surface area contributed by atoms with Crippen LogP contribution in [-0.4, -0.2) is 73.7 Å². The van der Waals surface area contributed by atoms with Crippen LogP contribution in [0.15, 0.2) is 0 Å². The molecule has 2 saturated heterocycles. The van der Waals surface area contributed by atoms with Crippen LogP contribution in [0.25, 0.3) is 0 Å². The number of likely N-dealkylation sites (tertiary alicyclic amines) is 2. The highest BCUT2D eigenvalue weighted by molar-refractivity contribution is 4.92. The molecular formula is C19H40N4. The zero-order chi connectivity index (χ0) is 16.8. The number of rotatable bonds is 9. The predicted octanol–water partition coefficient (Wildman–Crippen LogP) is 2.01. The summed E-state index contributed by atoms with van der Waals surface area (Å²) in [5.41, 5.74) is 0. The van der Waals surface area contributed by atoms with Crippen molar-refractivity contribution in [2.75, 3.05) is 45.8 Å². The van der Waals surface area contributed by atoms with Gasteiger partial charge in [0.25, 0.3) is 0 Å². The van der Waals surface area contributed by atoms with E-state index in [0.29, 0.717) is 12.1 Å². The summed E-state index contributed by atoms with van der Waals surface area (Å²) in [7, 11) is 0. The lowest BCUT2D eigenvalue weighted by Crippen LogP contribution is -2.40. The number of nitrogens with zero attached hydrogens (tertiary/aromatic N) is 2.